The summed E-state index contributed by atoms with van der Waals surface area (Å²) in [5.41, 5.74) is 8.24. The first-order chi connectivity index (χ1) is 8.26. The van der Waals surface area contributed by atoms with Gasteiger partial charge in [0.05, 0.1) is 21.3 Å². The van der Waals surface area contributed by atoms with Crippen molar-refractivity contribution in [1.82, 2.24) is 0 Å². The lowest BCUT2D eigenvalue weighted by molar-refractivity contribution is 0.322. The van der Waals surface area contributed by atoms with Crippen molar-refractivity contribution in [3.8, 4) is 17.2 Å². The summed E-state index contributed by atoms with van der Waals surface area (Å²) in [4.78, 5) is 0. The third kappa shape index (κ3) is 1.82. The van der Waals surface area contributed by atoms with Crippen LogP contribution in [0, 0.1) is 0 Å². The molecule has 0 saturated heterocycles. The van der Waals surface area contributed by atoms with Gasteiger partial charge in [-0.25, -0.2) is 0 Å². The number of ether oxygens (including phenoxy) is 3. The topological polar surface area (TPSA) is 53.7 Å². The average molecular weight is 237 g/mol. The zero-order valence-electron chi connectivity index (χ0n) is 10.6. The van der Waals surface area contributed by atoms with Gasteiger partial charge in [-0.3, -0.25) is 0 Å². The number of fused-ring (bicyclic) bond motifs is 1. The second-order valence-corrected chi connectivity index (χ2v) is 4.18. The number of hydrogen-bond donors (Lipinski definition) is 1. The molecule has 0 aliphatic heterocycles. The lowest BCUT2D eigenvalue weighted by atomic mass is 10.0. The van der Waals surface area contributed by atoms with Gasteiger partial charge in [-0.2, -0.15) is 0 Å². The van der Waals surface area contributed by atoms with Gasteiger partial charge in [0.15, 0.2) is 11.5 Å². The highest BCUT2D eigenvalue weighted by atomic mass is 16.5. The summed E-state index contributed by atoms with van der Waals surface area (Å²) in [6, 6.07) is 2.03. The molecule has 0 heterocycles. The number of methoxy groups -OCH3 is 3. The first-order valence-electron chi connectivity index (χ1n) is 5.78. The van der Waals surface area contributed by atoms with Crippen LogP contribution < -0.4 is 19.9 Å². The van der Waals surface area contributed by atoms with Gasteiger partial charge < -0.3 is 19.9 Å². The van der Waals surface area contributed by atoms with Crippen LogP contribution in [0.3, 0.4) is 0 Å². The monoisotopic (exact) mass is 237 g/mol. The molecule has 4 nitrogen and oxygen atoms in total. The molecule has 2 N–H and O–H groups in total. The molecule has 1 aliphatic rings. The molecule has 1 aliphatic carbocycles. The van der Waals surface area contributed by atoms with Gasteiger partial charge in [0.2, 0.25) is 5.75 Å². The fourth-order valence-corrected chi connectivity index (χ4v) is 2.58. The number of hydrogen-bond acceptors (Lipinski definition) is 4. The minimum Gasteiger partial charge on any atom is -0.493 e. The summed E-state index contributed by atoms with van der Waals surface area (Å²) in [5, 5.41) is 0. The molecule has 0 aromatic heterocycles. The summed E-state index contributed by atoms with van der Waals surface area (Å²) in [5.74, 6) is 2.58. The Morgan fingerprint density at radius 3 is 2.41 bits per heavy atom. The van der Waals surface area contributed by atoms with Crippen LogP contribution in [0.2, 0.25) is 0 Å². The normalized spacial score (nSPS) is 17.8. The molecule has 2 rings (SSSR count). The fourth-order valence-electron chi connectivity index (χ4n) is 2.58. The summed E-state index contributed by atoms with van der Waals surface area (Å²) < 4.78 is 16.2. The van der Waals surface area contributed by atoms with E-state index in [4.69, 9.17) is 19.9 Å². The molecular formula is C13H19NO3. The van der Waals surface area contributed by atoms with E-state index in [1.54, 1.807) is 21.3 Å². The average Bonchev–Trinajstić information content (AvgIpc) is 2.78. The third-order valence-electron chi connectivity index (χ3n) is 3.43. The van der Waals surface area contributed by atoms with Gasteiger partial charge in [-0.15, -0.1) is 0 Å². The molecule has 0 amide bonds. The van der Waals surface area contributed by atoms with Crippen LogP contribution in [0.4, 0.5) is 0 Å². The molecular weight excluding hydrogens is 218 g/mol. The van der Waals surface area contributed by atoms with Crippen molar-refractivity contribution in [1.29, 1.82) is 0 Å². The first-order valence-corrected chi connectivity index (χ1v) is 5.78. The molecule has 0 bridgehead atoms. The summed E-state index contributed by atoms with van der Waals surface area (Å²) >= 11 is 0. The predicted molar refractivity (Wildman–Crippen MR) is 66.2 cm³/mol. The maximum atomic E-state index is 5.79. The minimum absolute atomic E-state index is 0.402. The van der Waals surface area contributed by atoms with Crippen LogP contribution in [-0.4, -0.2) is 27.9 Å². The van der Waals surface area contributed by atoms with E-state index in [0.717, 1.165) is 18.6 Å². The van der Waals surface area contributed by atoms with E-state index in [1.165, 1.54) is 11.1 Å². The predicted octanol–water partition coefficient (Wildman–Crippen LogP) is 1.70. The quantitative estimate of drug-likeness (QED) is 0.866. The Bertz CT molecular complexity index is 418. The molecule has 1 aromatic carbocycles. The van der Waals surface area contributed by atoms with E-state index in [0.29, 0.717) is 24.0 Å². The van der Waals surface area contributed by atoms with Crippen molar-refractivity contribution in [3.63, 3.8) is 0 Å². The van der Waals surface area contributed by atoms with Crippen LogP contribution in [0.15, 0.2) is 6.07 Å². The summed E-state index contributed by atoms with van der Waals surface area (Å²) in [7, 11) is 4.92. The van der Waals surface area contributed by atoms with Crippen molar-refractivity contribution in [3.05, 3.63) is 17.2 Å². The standard InChI is InChI=1S/C13H19NO3/c1-15-11-6-10-8(7-14)4-5-9(10)12(16-2)13(11)17-3/h6,8H,4-5,7,14H2,1-3H3/t8-/m1/s1. The molecule has 0 fully saturated rings. The fraction of sp³-hybridized carbons (Fsp3) is 0.538. The van der Waals surface area contributed by atoms with Crippen molar-refractivity contribution in [2.75, 3.05) is 27.9 Å². The van der Waals surface area contributed by atoms with Gasteiger partial charge in [0.25, 0.3) is 0 Å². The highest BCUT2D eigenvalue weighted by Gasteiger charge is 2.29. The summed E-state index contributed by atoms with van der Waals surface area (Å²) in [6.07, 6.45) is 2.05. The van der Waals surface area contributed by atoms with E-state index in [9.17, 15) is 0 Å². The largest absolute Gasteiger partial charge is 0.493 e. The van der Waals surface area contributed by atoms with Crippen molar-refractivity contribution >= 4 is 0 Å². The SMILES string of the molecule is COc1cc2c(c(OC)c1OC)CC[C@@H]2CN. The van der Waals surface area contributed by atoms with Crippen molar-refractivity contribution in [2.45, 2.75) is 18.8 Å². The second kappa shape index (κ2) is 4.84. The van der Waals surface area contributed by atoms with E-state index < -0.39 is 0 Å². The molecule has 0 unspecified atom stereocenters. The lowest BCUT2D eigenvalue weighted by Gasteiger charge is -2.17. The van der Waals surface area contributed by atoms with Crippen molar-refractivity contribution in [2.24, 2.45) is 5.73 Å². The Labute approximate surface area is 102 Å². The molecule has 17 heavy (non-hydrogen) atoms. The van der Waals surface area contributed by atoms with Gasteiger partial charge >= 0.3 is 0 Å². The molecule has 1 aromatic rings. The summed E-state index contributed by atoms with van der Waals surface area (Å²) in [6.45, 7) is 0.658. The Morgan fingerprint density at radius 2 is 1.88 bits per heavy atom. The molecule has 4 heteroatoms. The van der Waals surface area contributed by atoms with Crippen molar-refractivity contribution < 1.29 is 14.2 Å². The molecule has 94 valence electrons. The maximum absolute atomic E-state index is 5.79. The third-order valence-corrected chi connectivity index (χ3v) is 3.43. The Morgan fingerprint density at radius 1 is 1.18 bits per heavy atom. The van der Waals surface area contributed by atoms with Crippen LogP contribution in [-0.2, 0) is 6.42 Å². The Hall–Kier alpha value is -1.42. The zero-order valence-corrected chi connectivity index (χ0v) is 10.6. The van der Waals surface area contributed by atoms with Gasteiger partial charge in [-0.1, -0.05) is 0 Å². The molecule has 0 radical (unpaired) electrons. The van der Waals surface area contributed by atoms with Crippen LogP contribution >= 0.6 is 0 Å². The molecule has 0 spiro atoms. The van der Waals surface area contributed by atoms with Gasteiger partial charge in [0.1, 0.15) is 0 Å². The van der Waals surface area contributed by atoms with Crippen LogP contribution in [0.5, 0.6) is 17.2 Å². The highest BCUT2D eigenvalue weighted by Crippen LogP contribution is 2.48. The van der Waals surface area contributed by atoms with Crippen LogP contribution in [0.1, 0.15) is 23.5 Å². The van der Waals surface area contributed by atoms with Crippen LogP contribution in [0.25, 0.3) is 0 Å². The van der Waals surface area contributed by atoms with Gasteiger partial charge in [-0.05, 0) is 36.9 Å². The lowest BCUT2D eigenvalue weighted by Crippen LogP contribution is -2.09. The second-order valence-electron chi connectivity index (χ2n) is 4.18. The molecule has 1 atom stereocenters. The maximum Gasteiger partial charge on any atom is 0.203 e. The van der Waals surface area contributed by atoms with E-state index in [1.807, 2.05) is 6.07 Å². The minimum atomic E-state index is 0.402. The van der Waals surface area contributed by atoms with E-state index in [2.05, 4.69) is 0 Å². The number of rotatable bonds is 4. The zero-order chi connectivity index (χ0) is 12.4. The molecule has 0 saturated carbocycles. The smallest absolute Gasteiger partial charge is 0.203 e. The van der Waals surface area contributed by atoms with E-state index in [-0.39, 0.29) is 0 Å². The Kier molecular flexibility index (Phi) is 3.43. The number of nitrogens with two attached hydrogens (primary N) is 1. The Balaban J connectivity index is 2.60. The first kappa shape index (κ1) is 12.0. The number of benzene rings is 1. The highest BCUT2D eigenvalue weighted by molar-refractivity contribution is 5.61. The van der Waals surface area contributed by atoms with Gasteiger partial charge in [0, 0.05) is 5.56 Å². The van der Waals surface area contributed by atoms with E-state index >= 15 is 0 Å².